The minimum absolute atomic E-state index is 0.383. The van der Waals surface area contributed by atoms with Crippen LogP contribution in [-0.2, 0) is 0 Å². The summed E-state index contributed by atoms with van der Waals surface area (Å²) in [4.78, 5) is 2.60. The van der Waals surface area contributed by atoms with Gasteiger partial charge in [-0.25, -0.2) is 0 Å². The monoisotopic (exact) mass is 240 g/mol. The Hall–Kier alpha value is -0.0800. The second-order valence-electron chi connectivity index (χ2n) is 6.22. The van der Waals surface area contributed by atoms with Crippen LogP contribution in [-0.4, -0.2) is 37.6 Å². The second-order valence-corrected chi connectivity index (χ2v) is 6.22. The summed E-state index contributed by atoms with van der Waals surface area (Å²) in [6, 6.07) is 0. The summed E-state index contributed by atoms with van der Waals surface area (Å²) in [7, 11) is 4.38. The third-order valence-corrected chi connectivity index (χ3v) is 5.70. The van der Waals surface area contributed by atoms with Crippen LogP contribution in [0, 0.1) is 17.8 Å². The van der Waals surface area contributed by atoms with Gasteiger partial charge in [0.2, 0.25) is 0 Å². The van der Waals surface area contributed by atoms with Crippen molar-refractivity contribution in [3.63, 3.8) is 0 Å². The molecule has 0 amide bonds. The third kappa shape index (κ3) is 3.03. The first-order valence-electron chi connectivity index (χ1n) is 7.33. The van der Waals surface area contributed by atoms with Crippen LogP contribution >= 0.6 is 0 Å². The maximum atomic E-state index is 3.30. The summed E-state index contributed by atoms with van der Waals surface area (Å²) in [6.45, 7) is 12.1. The van der Waals surface area contributed by atoms with Crippen LogP contribution in [0.15, 0.2) is 0 Å². The van der Waals surface area contributed by atoms with Gasteiger partial charge in [0.05, 0.1) is 0 Å². The van der Waals surface area contributed by atoms with E-state index in [-0.39, 0.29) is 0 Å². The second kappa shape index (κ2) is 6.19. The van der Waals surface area contributed by atoms with E-state index in [0.29, 0.717) is 5.54 Å². The molecule has 0 aliphatic carbocycles. The fourth-order valence-corrected chi connectivity index (χ4v) is 3.53. The average Bonchev–Trinajstić information content (AvgIpc) is 2.41. The van der Waals surface area contributed by atoms with Gasteiger partial charge in [0, 0.05) is 5.54 Å². The molecule has 0 radical (unpaired) electrons. The van der Waals surface area contributed by atoms with Gasteiger partial charge in [0.15, 0.2) is 0 Å². The molecule has 0 aromatic carbocycles. The van der Waals surface area contributed by atoms with Crippen molar-refractivity contribution < 1.29 is 0 Å². The van der Waals surface area contributed by atoms with Crippen molar-refractivity contribution in [2.24, 2.45) is 17.8 Å². The first kappa shape index (κ1) is 15.0. The zero-order valence-corrected chi connectivity index (χ0v) is 12.7. The molecular formula is C15H32N2. The van der Waals surface area contributed by atoms with E-state index in [1.165, 1.54) is 25.8 Å². The lowest BCUT2D eigenvalue weighted by atomic mass is 9.72. The number of hydrogen-bond donors (Lipinski definition) is 1. The normalized spacial score (nSPS) is 40.2. The highest BCUT2D eigenvalue weighted by molar-refractivity contribution is 4.95. The highest BCUT2D eigenvalue weighted by Crippen LogP contribution is 2.40. The van der Waals surface area contributed by atoms with Gasteiger partial charge in [-0.3, -0.25) is 0 Å². The Morgan fingerprint density at radius 3 is 2.53 bits per heavy atom. The zero-order chi connectivity index (χ0) is 13.1. The van der Waals surface area contributed by atoms with E-state index in [1.54, 1.807) is 0 Å². The van der Waals surface area contributed by atoms with Gasteiger partial charge in [0.25, 0.3) is 0 Å². The third-order valence-electron chi connectivity index (χ3n) is 5.70. The standard InChI is InChI=1S/C15H32N2/c1-7-15(4)13(3)12(2)14(8-10-16-5)9-11-17(15)6/h12-14,16H,7-11H2,1-6H3. The summed E-state index contributed by atoms with van der Waals surface area (Å²) in [5.41, 5.74) is 0.383. The van der Waals surface area contributed by atoms with E-state index in [2.05, 4.69) is 52.0 Å². The quantitative estimate of drug-likeness (QED) is 0.812. The number of nitrogens with zero attached hydrogens (tertiary/aromatic N) is 1. The highest BCUT2D eigenvalue weighted by Gasteiger charge is 2.41. The predicted molar refractivity (Wildman–Crippen MR) is 76.3 cm³/mol. The van der Waals surface area contributed by atoms with Gasteiger partial charge in [-0.1, -0.05) is 20.8 Å². The van der Waals surface area contributed by atoms with Crippen LogP contribution in [0.25, 0.3) is 0 Å². The van der Waals surface area contributed by atoms with Crippen LogP contribution in [0.4, 0.5) is 0 Å². The van der Waals surface area contributed by atoms with Crippen molar-refractivity contribution in [1.29, 1.82) is 0 Å². The molecule has 4 unspecified atom stereocenters. The molecule has 0 aromatic heterocycles. The molecule has 0 aromatic rings. The molecule has 0 saturated carbocycles. The molecular weight excluding hydrogens is 208 g/mol. The van der Waals surface area contributed by atoms with Crippen molar-refractivity contribution in [2.75, 3.05) is 27.2 Å². The average molecular weight is 240 g/mol. The molecule has 4 atom stereocenters. The molecule has 1 heterocycles. The maximum Gasteiger partial charge on any atom is 0.0203 e. The lowest BCUT2D eigenvalue weighted by Gasteiger charge is -2.44. The van der Waals surface area contributed by atoms with Crippen LogP contribution in [0.1, 0.15) is 47.0 Å². The van der Waals surface area contributed by atoms with E-state index >= 15 is 0 Å². The van der Waals surface area contributed by atoms with Gasteiger partial charge in [0.1, 0.15) is 0 Å². The Kier molecular flexibility index (Phi) is 5.46. The largest absolute Gasteiger partial charge is 0.320 e. The summed E-state index contributed by atoms with van der Waals surface area (Å²) < 4.78 is 0. The van der Waals surface area contributed by atoms with E-state index in [1.807, 2.05) is 0 Å². The molecule has 2 nitrogen and oxygen atoms in total. The van der Waals surface area contributed by atoms with E-state index < -0.39 is 0 Å². The number of rotatable bonds is 4. The van der Waals surface area contributed by atoms with Gasteiger partial charge >= 0.3 is 0 Å². The Labute approximate surface area is 108 Å². The Balaban J connectivity index is 2.79. The van der Waals surface area contributed by atoms with Gasteiger partial charge < -0.3 is 10.2 Å². The molecule has 1 aliphatic rings. The Morgan fingerprint density at radius 1 is 1.35 bits per heavy atom. The van der Waals surface area contributed by atoms with Gasteiger partial charge in [-0.05, 0) is 71.1 Å². The lowest BCUT2D eigenvalue weighted by Crippen LogP contribution is -2.49. The molecule has 0 spiro atoms. The van der Waals surface area contributed by atoms with Crippen molar-refractivity contribution >= 4 is 0 Å². The van der Waals surface area contributed by atoms with Crippen LogP contribution in [0.5, 0.6) is 0 Å². The maximum absolute atomic E-state index is 3.30. The lowest BCUT2D eigenvalue weighted by molar-refractivity contribution is 0.0640. The van der Waals surface area contributed by atoms with Crippen molar-refractivity contribution in [3.05, 3.63) is 0 Å². The number of likely N-dealkylation sites (tertiary alicyclic amines) is 1. The summed E-state index contributed by atoms with van der Waals surface area (Å²) in [5, 5.41) is 3.30. The fourth-order valence-electron chi connectivity index (χ4n) is 3.53. The highest BCUT2D eigenvalue weighted by atomic mass is 15.2. The molecule has 2 heteroatoms. The smallest absolute Gasteiger partial charge is 0.0203 e. The molecule has 17 heavy (non-hydrogen) atoms. The van der Waals surface area contributed by atoms with Crippen LogP contribution in [0.3, 0.4) is 0 Å². The molecule has 1 rings (SSSR count). The van der Waals surface area contributed by atoms with E-state index in [0.717, 1.165) is 24.3 Å². The number of hydrogen-bond acceptors (Lipinski definition) is 2. The predicted octanol–water partition coefficient (Wildman–Crippen LogP) is 2.99. The van der Waals surface area contributed by atoms with Crippen LogP contribution < -0.4 is 5.32 Å². The molecule has 1 fully saturated rings. The van der Waals surface area contributed by atoms with E-state index in [9.17, 15) is 0 Å². The first-order valence-corrected chi connectivity index (χ1v) is 7.33. The Bertz CT molecular complexity index is 229. The number of nitrogens with one attached hydrogen (secondary N) is 1. The fraction of sp³-hybridized carbons (Fsp3) is 1.00. The molecule has 1 saturated heterocycles. The molecule has 1 aliphatic heterocycles. The topological polar surface area (TPSA) is 15.3 Å². The first-order chi connectivity index (χ1) is 7.97. The molecule has 0 bridgehead atoms. The van der Waals surface area contributed by atoms with Crippen molar-refractivity contribution in [2.45, 2.75) is 52.5 Å². The van der Waals surface area contributed by atoms with Gasteiger partial charge in [-0.2, -0.15) is 0 Å². The van der Waals surface area contributed by atoms with Crippen LogP contribution in [0.2, 0.25) is 0 Å². The minimum Gasteiger partial charge on any atom is -0.320 e. The van der Waals surface area contributed by atoms with E-state index in [4.69, 9.17) is 0 Å². The minimum atomic E-state index is 0.383. The van der Waals surface area contributed by atoms with Crippen molar-refractivity contribution in [1.82, 2.24) is 10.2 Å². The summed E-state index contributed by atoms with van der Waals surface area (Å²) in [6.07, 6.45) is 3.95. The SMILES string of the molecule is CCC1(C)C(C)C(C)C(CCNC)CCN1C. The zero-order valence-electron chi connectivity index (χ0n) is 12.7. The van der Waals surface area contributed by atoms with Gasteiger partial charge in [-0.15, -0.1) is 0 Å². The summed E-state index contributed by atoms with van der Waals surface area (Å²) in [5.74, 6) is 2.49. The van der Waals surface area contributed by atoms with Crippen molar-refractivity contribution in [3.8, 4) is 0 Å². The molecule has 102 valence electrons. The molecule has 1 N–H and O–H groups in total. The Morgan fingerprint density at radius 2 is 2.00 bits per heavy atom. The summed E-state index contributed by atoms with van der Waals surface area (Å²) >= 11 is 0.